The van der Waals surface area contributed by atoms with E-state index in [1.807, 2.05) is 0 Å². The first-order valence-electron chi connectivity index (χ1n) is 4.93. The molecule has 0 radical (unpaired) electrons. The van der Waals surface area contributed by atoms with E-state index in [1.54, 1.807) is 13.0 Å². The molecule has 0 spiro atoms. The van der Waals surface area contributed by atoms with Gasteiger partial charge in [0.1, 0.15) is 16.8 Å². The highest BCUT2D eigenvalue weighted by Crippen LogP contribution is 2.22. The van der Waals surface area contributed by atoms with Gasteiger partial charge in [-0.25, -0.2) is 9.97 Å². The van der Waals surface area contributed by atoms with E-state index < -0.39 is 4.92 Å². The lowest BCUT2D eigenvalue weighted by molar-refractivity contribution is -0.390. The van der Waals surface area contributed by atoms with Crippen molar-refractivity contribution in [2.24, 2.45) is 0 Å². The molecule has 2 rings (SSSR count). The molecule has 94 valence electrons. The van der Waals surface area contributed by atoms with Gasteiger partial charge < -0.3 is 15.8 Å². The Labute approximate surface area is 110 Å². The van der Waals surface area contributed by atoms with Crippen LogP contribution < -0.4 is 5.73 Å². The van der Waals surface area contributed by atoms with Crippen molar-refractivity contribution < 1.29 is 4.92 Å². The van der Waals surface area contributed by atoms with E-state index in [4.69, 9.17) is 5.73 Å². The fourth-order valence-electron chi connectivity index (χ4n) is 1.46. The van der Waals surface area contributed by atoms with Crippen LogP contribution in [0, 0.1) is 17.0 Å². The summed E-state index contributed by atoms with van der Waals surface area (Å²) in [6.07, 6.45) is 1.50. The number of nitrogens with two attached hydrogens (primary N) is 1. The molecule has 0 amide bonds. The zero-order chi connectivity index (χ0) is 13.3. The minimum Gasteiger partial charge on any atom is -0.384 e. The predicted octanol–water partition coefficient (Wildman–Crippen LogP) is 1.28. The summed E-state index contributed by atoms with van der Waals surface area (Å²) in [4.78, 5) is 18.3. The predicted molar refractivity (Wildman–Crippen MR) is 66.9 cm³/mol. The number of hydrogen-bond acceptors (Lipinski definition) is 6. The molecule has 0 aromatic carbocycles. The Morgan fingerprint density at radius 2 is 2.28 bits per heavy atom. The van der Waals surface area contributed by atoms with Gasteiger partial charge in [-0.05, 0) is 27.8 Å². The fourth-order valence-corrected chi connectivity index (χ4v) is 1.92. The van der Waals surface area contributed by atoms with Crippen molar-refractivity contribution in [3.8, 4) is 0 Å². The van der Waals surface area contributed by atoms with Crippen molar-refractivity contribution in [2.75, 3.05) is 5.73 Å². The maximum atomic E-state index is 10.6. The standard InChI is InChI=1S/C9H9BrN6O2/c1-5-2-7(11)13-8(12-5)4-15-3-6(10)9(14-15)16(17)18/h2-3H,4H2,1H3,(H2,11,12,13). The van der Waals surface area contributed by atoms with Crippen molar-refractivity contribution in [3.05, 3.63) is 38.4 Å². The molecule has 0 atom stereocenters. The monoisotopic (exact) mass is 312 g/mol. The third kappa shape index (κ3) is 2.62. The van der Waals surface area contributed by atoms with Crippen molar-refractivity contribution in [1.29, 1.82) is 0 Å². The summed E-state index contributed by atoms with van der Waals surface area (Å²) in [7, 11) is 0. The van der Waals surface area contributed by atoms with E-state index in [-0.39, 0.29) is 12.4 Å². The SMILES string of the molecule is Cc1cc(N)nc(Cn2cc(Br)c([N+](=O)[O-])n2)n1. The molecule has 0 unspecified atom stereocenters. The molecule has 2 N–H and O–H groups in total. The van der Waals surface area contributed by atoms with Crippen molar-refractivity contribution in [3.63, 3.8) is 0 Å². The number of nitrogen functional groups attached to an aromatic ring is 1. The Morgan fingerprint density at radius 3 is 2.83 bits per heavy atom. The smallest absolute Gasteiger partial charge is 0.384 e. The van der Waals surface area contributed by atoms with Crippen LogP contribution in [0.15, 0.2) is 16.7 Å². The summed E-state index contributed by atoms with van der Waals surface area (Å²) in [5, 5.41) is 14.5. The van der Waals surface area contributed by atoms with Gasteiger partial charge in [-0.2, -0.15) is 4.68 Å². The highest BCUT2D eigenvalue weighted by molar-refractivity contribution is 9.10. The number of halogens is 1. The van der Waals surface area contributed by atoms with E-state index in [1.165, 1.54) is 10.9 Å². The lowest BCUT2D eigenvalue weighted by Gasteiger charge is -2.00. The molecule has 9 heteroatoms. The molecule has 2 heterocycles. The van der Waals surface area contributed by atoms with E-state index >= 15 is 0 Å². The third-order valence-corrected chi connectivity index (χ3v) is 2.66. The fraction of sp³-hybridized carbons (Fsp3) is 0.222. The van der Waals surface area contributed by atoms with Crippen LogP contribution in [0.2, 0.25) is 0 Å². The zero-order valence-electron chi connectivity index (χ0n) is 9.37. The Hall–Kier alpha value is -2.03. The average Bonchev–Trinajstić information content (AvgIpc) is 2.57. The van der Waals surface area contributed by atoms with E-state index in [2.05, 4.69) is 31.0 Å². The lowest BCUT2D eigenvalue weighted by atomic mass is 10.4. The van der Waals surface area contributed by atoms with Gasteiger partial charge in [-0.15, -0.1) is 0 Å². The summed E-state index contributed by atoms with van der Waals surface area (Å²) in [6.45, 7) is 2.02. The second-order valence-corrected chi connectivity index (χ2v) is 4.46. The summed E-state index contributed by atoms with van der Waals surface area (Å²) < 4.78 is 1.70. The Balaban J connectivity index is 2.28. The second kappa shape index (κ2) is 4.69. The summed E-state index contributed by atoms with van der Waals surface area (Å²) in [5.74, 6) is 0.575. The molecule has 0 saturated heterocycles. The third-order valence-electron chi connectivity index (χ3n) is 2.10. The highest BCUT2D eigenvalue weighted by atomic mass is 79.9. The van der Waals surface area contributed by atoms with Gasteiger partial charge in [0.05, 0.1) is 11.3 Å². The Kier molecular flexibility index (Phi) is 3.24. The molecule has 0 aliphatic carbocycles. The summed E-state index contributed by atoms with van der Waals surface area (Å²) >= 11 is 3.07. The Bertz CT molecular complexity index is 591. The number of hydrogen-bond donors (Lipinski definition) is 1. The van der Waals surface area contributed by atoms with Crippen LogP contribution in [0.4, 0.5) is 11.6 Å². The largest absolute Gasteiger partial charge is 0.404 e. The van der Waals surface area contributed by atoms with Crippen LogP contribution in [-0.2, 0) is 6.54 Å². The molecule has 0 aliphatic heterocycles. The number of aromatic nitrogens is 4. The van der Waals surface area contributed by atoms with Crippen LogP contribution in [0.3, 0.4) is 0 Å². The minimum atomic E-state index is -0.563. The number of aryl methyl sites for hydroxylation is 1. The molecule has 0 bridgehead atoms. The lowest BCUT2D eigenvalue weighted by Crippen LogP contribution is -2.07. The average molecular weight is 313 g/mol. The minimum absolute atomic E-state index is 0.221. The maximum absolute atomic E-state index is 10.6. The molecule has 2 aromatic rings. The van der Waals surface area contributed by atoms with Crippen molar-refractivity contribution in [1.82, 2.24) is 19.7 Å². The molecular formula is C9H9BrN6O2. The van der Waals surface area contributed by atoms with Gasteiger partial charge in [-0.3, -0.25) is 0 Å². The molecule has 18 heavy (non-hydrogen) atoms. The molecule has 0 saturated carbocycles. The first-order chi connectivity index (χ1) is 8.45. The normalized spacial score (nSPS) is 10.6. The van der Waals surface area contributed by atoms with Gasteiger partial charge in [0, 0.05) is 11.8 Å². The zero-order valence-corrected chi connectivity index (χ0v) is 11.0. The number of rotatable bonds is 3. The molecule has 0 aliphatic rings. The van der Waals surface area contributed by atoms with Crippen molar-refractivity contribution in [2.45, 2.75) is 13.5 Å². The first-order valence-corrected chi connectivity index (χ1v) is 5.72. The number of nitrogens with zero attached hydrogens (tertiary/aromatic N) is 5. The van der Waals surface area contributed by atoms with Crippen LogP contribution in [0.25, 0.3) is 0 Å². The molecule has 8 nitrogen and oxygen atoms in total. The maximum Gasteiger partial charge on any atom is 0.404 e. The molecule has 2 aromatic heterocycles. The van der Waals surface area contributed by atoms with Crippen LogP contribution in [-0.4, -0.2) is 24.7 Å². The van der Waals surface area contributed by atoms with Crippen LogP contribution >= 0.6 is 15.9 Å². The second-order valence-electron chi connectivity index (χ2n) is 3.61. The van der Waals surface area contributed by atoms with Gasteiger partial charge in [-0.1, -0.05) is 0 Å². The van der Waals surface area contributed by atoms with E-state index in [0.717, 1.165) is 5.69 Å². The molecule has 0 fully saturated rings. The van der Waals surface area contributed by atoms with Crippen molar-refractivity contribution >= 4 is 27.6 Å². The van der Waals surface area contributed by atoms with E-state index in [0.29, 0.717) is 16.1 Å². The summed E-state index contributed by atoms with van der Waals surface area (Å²) in [5.41, 5.74) is 6.33. The topological polar surface area (TPSA) is 113 Å². The summed E-state index contributed by atoms with van der Waals surface area (Å²) in [6, 6.07) is 1.64. The van der Waals surface area contributed by atoms with Gasteiger partial charge >= 0.3 is 5.82 Å². The number of nitro groups is 1. The van der Waals surface area contributed by atoms with Gasteiger partial charge in [0.25, 0.3) is 0 Å². The highest BCUT2D eigenvalue weighted by Gasteiger charge is 2.19. The van der Waals surface area contributed by atoms with Crippen LogP contribution in [0.1, 0.15) is 11.5 Å². The van der Waals surface area contributed by atoms with E-state index in [9.17, 15) is 10.1 Å². The Morgan fingerprint density at radius 1 is 1.56 bits per heavy atom. The van der Waals surface area contributed by atoms with Crippen LogP contribution in [0.5, 0.6) is 0 Å². The number of anilines is 1. The quantitative estimate of drug-likeness (QED) is 0.674. The van der Waals surface area contributed by atoms with Gasteiger partial charge in [0.2, 0.25) is 0 Å². The molecular weight excluding hydrogens is 304 g/mol. The van der Waals surface area contributed by atoms with Gasteiger partial charge in [0.15, 0.2) is 5.82 Å². The first kappa shape index (κ1) is 12.4.